The van der Waals surface area contributed by atoms with Crippen molar-refractivity contribution in [2.75, 3.05) is 24.6 Å². The van der Waals surface area contributed by atoms with Gasteiger partial charge in [0.2, 0.25) is 5.91 Å². The topological polar surface area (TPSA) is 66.5 Å². The van der Waals surface area contributed by atoms with E-state index in [1.807, 2.05) is 6.92 Å². The lowest BCUT2D eigenvalue weighted by Crippen LogP contribution is -2.53. The van der Waals surface area contributed by atoms with Gasteiger partial charge in [0.05, 0.1) is 17.5 Å². The van der Waals surface area contributed by atoms with E-state index in [0.717, 1.165) is 13.1 Å². The lowest BCUT2D eigenvalue weighted by Gasteiger charge is -2.44. The first kappa shape index (κ1) is 18.2. The Hall–Kier alpha value is -0.620. The van der Waals surface area contributed by atoms with Crippen LogP contribution >= 0.6 is 0 Å². The monoisotopic (exact) mass is 356 g/mol. The molecule has 1 N–H and O–H groups in total. The van der Waals surface area contributed by atoms with Crippen molar-refractivity contribution >= 4 is 15.7 Å². The molecule has 0 aromatic carbocycles. The van der Waals surface area contributed by atoms with E-state index in [1.54, 1.807) is 0 Å². The quantitative estimate of drug-likeness (QED) is 0.841. The van der Waals surface area contributed by atoms with Crippen LogP contribution in [-0.2, 0) is 14.6 Å². The fourth-order valence-corrected chi connectivity index (χ4v) is 6.53. The number of hydrogen-bond acceptors (Lipinski definition) is 4. The molecule has 1 spiro atoms. The molecule has 2 heterocycles. The molecule has 1 amide bonds. The zero-order valence-corrected chi connectivity index (χ0v) is 15.7. The molecule has 0 aromatic heterocycles. The average molecular weight is 357 g/mol. The normalized spacial score (nSPS) is 31.5. The van der Waals surface area contributed by atoms with Crippen molar-refractivity contribution in [1.82, 2.24) is 10.2 Å². The van der Waals surface area contributed by atoms with Crippen molar-refractivity contribution in [3.05, 3.63) is 0 Å². The molecule has 24 heavy (non-hydrogen) atoms. The summed E-state index contributed by atoms with van der Waals surface area (Å²) in [5, 5.41) is 2.98. The minimum atomic E-state index is -2.95. The number of nitrogens with one attached hydrogen (secondary N) is 1. The number of carbonyl (C=O) groups excluding carboxylic acids is 1. The standard InChI is InChI=1S/C18H32N2O3S/c1-15(17(21)19-16-7-12-24(22,23)13-16)20-11-6-10-18(14-20)8-4-2-3-5-9-18/h15-16H,2-14H2,1H3,(H,19,21)/t15-,16+/m0/s1. The van der Waals surface area contributed by atoms with E-state index in [0.29, 0.717) is 11.8 Å². The van der Waals surface area contributed by atoms with Crippen molar-refractivity contribution in [3.63, 3.8) is 0 Å². The van der Waals surface area contributed by atoms with Crippen molar-refractivity contribution in [2.24, 2.45) is 5.41 Å². The zero-order chi connectivity index (χ0) is 17.2. The van der Waals surface area contributed by atoms with E-state index >= 15 is 0 Å². The van der Waals surface area contributed by atoms with E-state index in [2.05, 4.69) is 10.2 Å². The Bertz CT molecular complexity index is 553. The molecule has 0 bridgehead atoms. The number of amides is 1. The van der Waals surface area contributed by atoms with Crippen LogP contribution in [0.1, 0.15) is 64.7 Å². The van der Waals surface area contributed by atoms with Crippen LogP contribution in [0.25, 0.3) is 0 Å². The van der Waals surface area contributed by atoms with E-state index in [1.165, 1.54) is 51.4 Å². The molecule has 3 fully saturated rings. The molecule has 0 aromatic rings. The highest BCUT2D eigenvalue weighted by Crippen LogP contribution is 2.42. The number of nitrogens with zero attached hydrogens (tertiary/aromatic N) is 1. The van der Waals surface area contributed by atoms with Gasteiger partial charge in [0.1, 0.15) is 0 Å². The summed E-state index contributed by atoms with van der Waals surface area (Å²) in [6.07, 6.45) is 11.0. The van der Waals surface area contributed by atoms with E-state index in [-0.39, 0.29) is 29.5 Å². The van der Waals surface area contributed by atoms with Crippen LogP contribution in [0.2, 0.25) is 0 Å². The predicted octanol–water partition coefficient (Wildman–Crippen LogP) is 2.11. The van der Waals surface area contributed by atoms with Gasteiger partial charge >= 0.3 is 0 Å². The van der Waals surface area contributed by atoms with Gasteiger partial charge in [0.25, 0.3) is 0 Å². The van der Waals surface area contributed by atoms with Crippen LogP contribution in [0.5, 0.6) is 0 Å². The highest BCUT2D eigenvalue weighted by atomic mass is 32.2. The molecule has 138 valence electrons. The molecule has 2 atom stereocenters. The Morgan fingerprint density at radius 2 is 1.79 bits per heavy atom. The summed E-state index contributed by atoms with van der Waals surface area (Å²) in [5.74, 6) is 0.317. The fourth-order valence-electron chi connectivity index (χ4n) is 4.86. The Morgan fingerprint density at radius 3 is 2.42 bits per heavy atom. The van der Waals surface area contributed by atoms with Crippen molar-refractivity contribution in [2.45, 2.75) is 76.8 Å². The number of hydrogen-bond donors (Lipinski definition) is 1. The molecule has 5 nitrogen and oxygen atoms in total. The molecule has 3 rings (SSSR count). The average Bonchev–Trinajstić information content (AvgIpc) is 2.74. The van der Waals surface area contributed by atoms with Gasteiger partial charge in [-0.25, -0.2) is 8.42 Å². The molecule has 0 unspecified atom stereocenters. The lowest BCUT2D eigenvalue weighted by molar-refractivity contribution is -0.128. The summed E-state index contributed by atoms with van der Waals surface area (Å²) in [6, 6.07) is -0.352. The maximum Gasteiger partial charge on any atom is 0.237 e. The first-order chi connectivity index (χ1) is 11.4. The van der Waals surface area contributed by atoms with Gasteiger partial charge in [-0.3, -0.25) is 9.69 Å². The van der Waals surface area contributed by atoms with Crippen molar-refractivity contribution in [3.8, 4) is 0 Å². The van der Waals surface area contributed by atoms with E-state index < -0.39 is 9.84 Å². The number of likely N-dealkylation sites (tertiary alicyclic amines) is 1. The maximum atomic E-state index is 12.6. The summed E-state index contributed by atoms with van der Waals surface area (Å²) >= 11 is 0. The largest absolute Gasteiger partial charge is 0.351 e. The molecule has 0 radical (unpaired) electrons. The summed E-state index contributed by atoms with van der Waals surface area (Å²) < 4.78 is 23.1. The van der Waals surface area contributed by atoms with Gasteiger partial charge in [-0.2, -0.15) is 0 Å². The van der Waals surface area contributed by atoms with Gasteiger partial charge in [0, 0.05) is 12.6 Å². The second-order valence-corrected chi connectivity index (χ2v) is 10.5. The van der Waals surface area contributed by atoms with Crippen LogP contribution in [0.4, 0.5) is 0 Å². The molecule has 2 aliphatic heterocycles. The predicted molar refractivity (Wildman–Crippen MR) is 95.6 cm³/mol. The van der Waals surface area contributed by atoms with Crippen LogP contribution in [0, 0.1) is 5.41 Å². The molecular weight excluding hydrogens is 324 g/mol. The zero-order valence-electron chi connectivity index (χ0n) is 14.9. The molecule has 2 saturated heterocycles. The second kappa shape index (κ2) is 7.32. The molecule has 6 heteroatoms. The Balaban J connectivity index is 1.57. The van der Waals surface area contributed by atoms with Gasteiger partial charge < -0.3 is 5.32 Å². The smallest absolute Gasteiger partial charge is 0.237 e. The number of sulfone groups is 1. The van der Waals surface area contributed by atoms with Crippen LogP contribution in [0.15, 0.2) is 0 Å². The van der Waals surface area contributed by atoms with Crippen molar-refractivity contribution < 1.29 is 13.2 Å². The minimum Gasteiger partial charge on any atom is -0.351 e. The Kier molecular flexibility index (Phi) is 5.55. The SMILES string of the molecule is C[C@@H](C(=O)N[C@@H]1CCS(=O)(=O)C1)N1CCCC2(CCCCCC2)C1. The number of rotatable bonds is 3. The summed E-state index contributed by atoms with van der Waals surface area (Å²) in [7, 11) is -2.95. The van der Waals surface area contributed by atoms with Crippen LogP contribution in [-0.4, -0.2) is 55.9 Å². The third-order valence-electron chi connectivity index (χ3n) is 6.36. The Morgan fingerprint density at radius 1 is 1.12 bits per heavy atom. The van der Waals surface area contributed by atoms with E-state index in [4.69, 9.17) is 0 Å². The van der Waals surface area contributed by atoms with Crippen LogP contribution < -0.4 is 5.32 Å². The van der Waals surface area contributed by atoms with E-state index in [9.17, 15) is 13.2 Å². The number of carbonyl (C=O) groups is 1. The molecule has 1 saturated carbocycles. The summed E-state index contributed by atoms with van der Waals surface area (Å²) in [6.45, 7) is 4.00. The summed E-state index contributed by atoms with van der Waals surface area (Å²) in [5.41, 5.74) is 0.417. The molecule has 3 aliphatic rings. The van der Waals surface area contributed by atoms with Gasteiger partial charge in [-0.1, -0.05) is 25.7 Å². The maximum absolute atomic E-state index is 12.6. The highest BCUT2D eigenvalue weighted by molar-refractivity contribution is 7.91. The highest BCUT2D eigenvalue weighted by Gasteiger charge is 2.39. The molecule has 1 aliphatic carbocycles. The van der Waals surface area contributed by atoms with Crippen LogP contribution in [0.3, 0.4) is 0 Å². The lowest BCUT2D eigenvalue weighted by atomic mass is 9.73. The fraction of sp³-hybridized carbons (Fsp3) is 0.944. The third kappa shape index (κ3) is 4.31. The van der Waals surface area contributed by atoms with Gasteiger partial charge in [0.15, 0.2) is 9.84 Å². The first-order valence-electron chi connectivity index (χ1n) is 9.64. The molecular formula is C18H32N2O3S. The second-order valence-electron chi connectivity index (χ2n) is 8.27. The van der Waals surface area contributed by atoms with Gasteiger partial charge in [-0.15, -0.1) is 0 Å². The van der Waals surface area contributed by atoms with Crippen molar-refractivity contribution in [1.29, 1.82) is 0 Å². The first-order valence-corrected chi connectivity index (χ1v) is 11.5. The number of piperidine rings is 1. The minimum absolute atomic E-state index is 0.00257. The third-order valence-corrected chi connectivity index (χ3v) is 8.13. The summed E-state index contributed by atoms with van der Waals surface area (Å²) in [4.78, 5) is 14.9. The Labute approximate surface area is 146 Å². The van der Waals surface area contributed by atoms with Gasteiger partial charge in [-0.05, 0) is 51.0 Å².